The molecule has 3 aliphatic heterocycles. The summed E-state index contributed by atoms with van der Waals surface area (Å²) < 4.78 is 2.18. The Morgan fingerprint density at radius 1 is 1.11 bits per heavy atom. The number of rotatable bonds is 4. The molecule has 0 radical (unpaired) electrons. The fraction of sp³-hybridized carbons (Fsp3) is 0.370. The summed E-state index contributed by atoms with van der Waals surface area (Å²) in [6.45, 7) is 9.76. The predicted octanol–water partition coefficient (Wildman–Crippen LogP) is 4.73. The Labute approximate surface area is 215 Å². The van der Waals surface area contributed by atoms with E-state index in [1.54, 1.807) is 6.08 Å². The van der Waals surface area contributed by atoms with E-state index in [0.29, 0.717) is 10.2 Å². The first-order chi connectivity index (χ1) is 17.2. The van der Waals surface area contributed by atoms with Gasteiger partial charge in [0.2, 0.25) is 11.1 Å². The molecular formula is C27H30N6O2S. The number of aryl methyl sites for hydroxylation is 3. The molecule has 0 unspecified atom stereocenters. The molecule has 0 aliphatic carbocycles. The summed E-state index contributed by atoms with van der Waals surface area (Å²) in [4.78, 5) is 31.7. The van der Waals surface area contributed by atoms with Crippen LogP contribution in [0, 0.1) is 33.1 Å². The number of nitrogens with zero attached hydrogens (tertiary/aromatic N) is 5. The smallest absolute Gasteiger partial charge is 0.283 e. The number of likely N-dealkylation sites (tertiary alicyclic amines) is 1. The molecule has 36 heavy (non-hydrogen) atoms. The monoisotopic (exact) mass is 502 g/mol. The SMILES string of the molecule is Cc1ccc(C)c(-n2c(C)cc(/C=C3\C(=N)N4N=C(CC(=O)N5CCCCC5)SC4=NC3=O)c2C)c1. The van der Waals surface area contributed by atoms with Gasteiger partial charge in [0.1, 0.15) is 5.04 Å². The molecule has 1 N–H and O–H groups in total. The van der Waals surface area contributed by atoms with Gasteiger partial charge in [-0.2, -0.15) is 15.1 Å². The van der Waals surface area contributed by atoms with E-state index in [1.165, 1.54) is 22.3 Å². The van der Waals surface area contributed by atoms with Crippen molar-refractivity contribution in [2.75, 3.05) is 13.1 Å². The number of aromatic nitrogens is 1. The van der Waals surface area contributed by atoms with Crippen LogP contribution >= 0.6 is 11.8 Å². The number of nitrogens with one attached hydrogen (secondary N) is 1. The molecule has 0 bridgehead atoms. The van der Waals surface area contributed by atoms with Gasteiger partial charge in [0.25, 0.3) is 5.91 Å². The van der Waals surface area contributed by atoms with E-state index >= 15 is 0 Å². The number of hydrogen-bond acceptors (Lipinski definition) is 5. The van der Waals surface area contributed by atoms with Gasteiger partial charge in [0, 0.05) is 30.2 Å². The third-order valence-corrected chi connectivity index (χ3v) is 7.79. The van der Waals surface area contributed by atoms with E-state index in [4.69, 9.17) is 5.41 Å². The van der Waals surface area contributed by atoms with E-state index in [-0.39, 0.29) is 23.7 Å². The molecular weight excluding hydrogens is 472 g/mol. The summed E-state index contributed by atoms with van der Waals surface area (Å²) in [6.07, 6.45) is 5.11. The lowest BCUT2D eigenvalue weighted by molar-refractivity contribution is -0.130. The molecule has 186 valence electrons. The number of benzene rings is 1. The quantitative estimate of drug-likeness (QED) is 0.612. The van der Waals surface area contributed by atoms with Crippen molar-refractivity contribution in [2.45, 2.75) is 53.4 Å². The number of hydrogen-bond donors (Lipinski definition) is 1. The van der Waals surface area contributed by atoms with Crippen LogP contribution in [0.5, 0.6) is 0 Å². The second-order valence-electron chi connectivity index (χ2n) is 9.58. The van der Waals surface area contributed by atoms with Crippen LogP contribution in [0.4, 0.5) is 0 Å². The maximum Gasteiger partial charge on any atom is 0.283 e. The highest BCUT2D eigenvalue weighted by atomic mass is 32.2. The summed E-state index contributed by atoms with van der Waals surface area (Å²) in [7, 11) is 0. The number of thioether (sulfide) groups is 1. The number of fused-ring (bicyclic) bond motifs is 1. The molecule has 1 aromatic heterocycles. The van der Waals surface area contributed by atoms with Gasteiger partial charge in [-0.05, 0) is 93.6 Å². The number of hydrazone groups is 1. The maximum atomic E-state index is 12.9. The Bertz CT molecular complexity index is 1380. The van der Waals surface area contributed by atoms with Gasteiger partial charge in [0.15, 0.2) is 5.84 Å². The van der Waals surface area contributed by atoms with Crippen molar-refractivity contribution in [3.63, 3.8) is 0 Å². The Hall–Kier alpha value is -3.46. The van der Waals surface area contributed by atoms with Gasteiger partial charge < -0.3 is 9.47 Å². The molecule has 0 atom stereocenters. The first-order valence-electron chi connectivity index (χ1n) is 12.3. The molecule has 2 amide bonds. The summed E-state index contributed by atoms with van der Waals surface area (Å²) >= 11 is 1.20. The molecule has 8 nitrogen and oxygen atoms in total. The highest BCUT2D eigenvalue weighted by Crippen LogP contribution is 2.31. The van der Waals surface area contributed by atoms with Gasteiger partial charge in [-0.15, -0.1) is 0 Å². The maximum absolute atomic E-state index is 12.9. The molecule has 2 aromatic rings. The number of amides is 2. The lowest BCUT2D eigenvalue weighted by atomic mass is 10.1. The lowest BCUT2D eigenvalue weighted by Crippen LogP contribution is -2.36. The average Bonchev–Trinajstić information content (AvgIpc) is 3.38. The Morgan fingerprint density at radius 2 is 1.86 bits per heavy atom. The molecule has 1 saturated heterocycles. The van der Waals surface area contributed by atoms with Crippen molar-refractivity contribution in [3.8, 4) is 5.69 Å². The highest BCUT2D eigenvalue weighted by molar-refractivity contribution is 8.27. The largest absolute Gasteiger partial charge is 0.342 e. The Kier molecular flexibility index (Phi) is 6.42. The van der Waals surface area contributed by atoms with Crippen LogP contribution in [0.25, 0.3) is 11.8 Å². The van der Waals surface area contributed by atoms with E-state index in [9.17, 15) is 9.59 Å². The molecule has 0 spiro atoms. The van der Waals surface area contributed by atoms with Crippen molar-refractivity contribution in [1.29, 1.82) is 5.41 Å². The van der Waals surface area contributed by atoms with E-state index in [1.807, 2.05) is 24.8 Å². The normalized spacial score (nSPS) is 19.1. The highest BCUT2D eigenvalue weighted by Gasteiger charge is 2.36. The standard InChI is InChI=1S/C27H30N6O2S/c1-16-8-9-17(2)22(12-16)32-18(3)13-20(19(32)4)14-21-25(28)33-27(29-26(21)35)36-23(30-33)15-24(34)31-10-6-5-7-11-31/h8-9,12-14,28H,5-7,10-11,15H2,1-4H3/b21-14+,28-25?. The molecule has 4 heterocycles. The van der Waals surface area contributed by atoms with Crippen LogP contribution < -0.4 is 0 Å². The summed E-state index contributed by atoms with van der Waals surface area (Å²) in [5, 5.41) is 15.5. The zero-order chi connectivity index (χ0) is 25.6. The Balaban J connectivity index is 1.41. The molecule has 9 heteroatoms. The van der Waals surface area contributed by atoms with Gasteiger partial charge >= 0.3 is 0 Å². The minimum absolute atomic E-state index is 0.0190. The van der Waals surface area contributed by atoms with Crippen molar-refractivity contribution in [2.24, 2.45) is 10.1 Å². The third kappa shape index (κ3) is 4.43. The fourth-order valence-corrected chi connectivity index (χ4v) is 5.78. The van der Waals surface area contributed by atoms with E-state index < -0.39 is 5.91 Å². The molecule has 5 rings (SSSR count). The first kappa shape index (κ1) is 24.2. The molecule has 3 aliphatic rings. The first-order valence-corrected chi connectivity index (χ1v) is 13.1. The number of carbonyl (C=O) groups excluding carboxylic acids is 2. The molecule has 1 fully saturated rings. The second-order valence-corrected chi connectivity index (χ2v) is 10.6. The van der Waals surface area contributed by atoms with Crippen LogP contribution in [-0.2, 0) is 9.59 Å². The molecule has 1 aromatic carbocycles. The van der Waals surface area contributed by atoms with Crippen LogP contribution in [0.15, 0.2) is 39.9 Å². The van der Waals surface area contributed by atoms with Gasteiger partial charge in [0.05, 0.1) is 12.0 Å². The third-order valence-electron chi connectivity index (χ3n) is 6.88. The Morgan fingerprint density at radius 3 is 2.61 bits per heavy atom. The van der Waals surface area contributed by atoms with Crippen LogP contribution in [-0.4, -0.2) is 55.4 Å². The van der Waals surface area contributed by atoms with Crippen molar-refractivity contribution in [1.82, 2.24) is 14.5 Å². The topological polar surface area (TPSA) is 94.1 Å². The summed E-state index contributed by atoms with van der Waals surface area (Å²) in [5.74, 6) is -0.447. The minimum Gasteiger partial charge on any atom is -0.342 e. The van der Waals surface area contributed by atoms with Crippen molar-refractivity contribution < 1.29 is 9.59 Å². The molecule has 0 saturated carbocycles. The van der Waals surface area contributed by atoms with Crippen LogP contribution in [0.1, 0.15) is 53.8 Å². The van der Waals surface area contributed by atoms with Gasteiger partial charge in [-0.25, -0.2) is 0 Å². The average molecular weight is 503 g/mol. The van der Waals surface area contributed by atoms with Gasteiger partial charge in [-0.3, -0.25) is 15.0 Å². The van der Waals surface area contributed by atoms with E-state index in [2.05, 4.69) is 46.7 Å². The summed E-state index contributed by atoms with van der Waals surface area (Å²) in [5.41, 5.74) is 6.50. The van der Waals surface area contributed by atoms with Crippen molar-refractivity contribution >= 4 is 45.7 Å². The van der Waals surface area contributed by atoms with Crippen molar-refractivity contribution in [3.05, 3.63) is 57.9 Å². The predicted molar refractivity (Wildman–Crippen MR) is 145 cm³/mol. The number of carbonyl (C=O) groups is 2. The van der Waals surface area contributed by atoms with E-state index in [0.717, 1.165) is 60.6 Å². The zero-order valence-electron chi connectivity index (χ0n) is 21.1. The number of amidine groups is 2. The fourth-order valence-electron chi connectivity index (χ4n) is 4.91. The lowest BCUT2D eigenvalue weighted by Gasteiger charge is -2.26. The van der Waals surface area contributed by atoms with Crippen LogP contribution in [0.3, 0.4) is 0 Å². The second kappa shape index (κ2) is 9.54. The minimum atomic E-state index is -0.464. The number of aliphatic imine (C=N–C) groups is 1. The number of piperidine rings is 1. The van der Waals surface area contributed by atoms with Gasteiger partial charge in [-0.1, -0.05) is 12.1 Å². The zero-order valence-corrected chi connectivity index (χ0v) is 21.9. The van der Waals surface area contributed by atoms with Crippen LogP contribution in [0.2, 0.25) is 0 Å². The summed E-state index contributed by atoms with van der Waals surface area (Å²) in [6, 6.07) is 8.37.